The molecule has 0 amide bonds. The van der Waals surface area contributed by atoms with Gasteiger partial charge in [-0.05, 0) is 25.8 Å². The average Bonchev–Trinajstić information content (AvgIpc) is 2.76. The van der Waals surface area contributed by atoms with Crippen LogP contribution in [0.1, 0.15) is 37.0 Å². The summed E-state index contributed by atoms with van der Waals surface area (Å²) < 4.78 is 0. The van der Waals surface area contributed by atoms with Gasteiger partial charge in [-0.25, -0.2) is 0 Å². The van der Waals surface area contributed by atoms with Crippen molar-refractivity contribution in [1.82, 2.24) is 0 Å². The lowest BCUT2D eigenvalue weighted by Gasteiger charge is -2.28. The minimum absolute atomic E-state index is 0.134. The maximum Gasteiger partial charge on any atom is 0.0771 e. The van der Waals surface area contributed by atoms with E-state index in [1.165, 1.54) is 16.7 Å². The molecule has 20 heavy (non-hydrogen) atoms. The first kappa shape index (κ1) is 15.3. The van der Waals surface area contributed by atoms with E-state index in [1.807, 2.05) is 0 Å². The summed E-state index contributed by atoms with van der Waals surface area (Å²) in [5.74, 6) is 0. The molecule has 0 aliphatic heterocycles. The van der Waals surface area contributed by atoms with E-state index in [-0.39, 0.29) is 5.41 Å². The van der Waals surface area contributed by atoms with E-state index in [4.69, 9.17) is 0 Å². The lowest BCUT2D eigenvalue weighted by Crippen LogP contribution is -2.23. The van der Waals surface area contributed by atoms with Gasteiger partial charge in [-0.15, -0.1) is 0 Å². The molecule has 0 saturated carbocycles. The van der Waals surface area contributed by atoms with Crippen LogP contribution in [0.4, 0.5) is 0 Å². The van der Waals surface area contributed by atoms with E-state index in [1.54, 1.807) is 10.8 Å². The van der Waals surface area contributed by atoms with Crippen molar-refractivity contribution in [3.05, 3.63) is 57.8 Å². The van der Waals surface area contributed by atoms with Gasteiger partial charge in [0.15, 0.2) is 0 Å². The van der Waals surface area contributed by atoms with Gasteiger partial charge in [0.05, 0.1) is 8.07 Å². The topological polar surface area (TPSA) is 0 Å². The molecule has 1 heteroatoms. The third kappa shape index (κ3) is 2.98. The third-order valence-corrected chi connectivity index (χ3v) is 6.56. The predicted octanol–water partition coefficient (Wildman–Crippen LogP) is 5.71. The molecule has 0 radical (unpaired) electrons. The summed E-state index contributed by atoms with van der Waals surface area (Å²) in [7, 11) is -1.18. The van der Waals surface area contributed by atoms with Crippen LogP contribution in [0.3, 0.4) is 0 Å². The van der Waals surface area contributed by atoms with Crippen LogP contribution in [0, 0.1) is 13.8 Å². The van der Waals surface area contributed by atoms with Gasteiger partial charge in [-0.2, -0.15) is 0 Å². The molecule has 0 atom stereocenters. The Kier molecular flexibility index (Phi) is 3.85. The van der Waals surface area contributed by atoms with Crippen LogP contribution in [0.2, 0.25) is 19.6 Å². The first-order valence-corrected chi connectivity index (χ1v) is 11.1. The fourth-order valence-electron chi connectivity index (χ4n) is 3.00. The molecule has 0 nitrogen and oxygen atoms in total. The van der Waals surface area contributed by atoms with E-state index in [0.29, 0.717) is 0 Å². The summed E-state index contributed by atoms with van der Waals surface area (Å²) >= 11 is 0. The van der Waals surface area contributed by atoms with Crippen LogP contribution in [0.25, 0.3) is 0 Å². The summed E-state index contributed by atoms with van der Waals surface area (Å²) in [5.41, 5.74) is 5.89. The van der Waals surface area contributed by atoms with Crippen molar-refractivity contribution >= 4 is 8.07 Å². The molecule has 0 aromatic heterocycles. The van der Waals surface area contributed by atoms with Gasteiger partial charge in [0.25, 0.3) is 0 Å². The van der Waals surface area contributed by atoms with E-state index in [2.05, 4.69) is 77.7 Å². The third-order valence-electron chi connectivity index (χ3n) is 4.48. The maximum atomic E-state index is 2.49. The summed E-state index contributed by atoms with van der Waals surface area (Å²) in [4.78, 5) is 0. The van der Waals surface area contributed by atoms with Crippen LogP contribution in [-0.2, 0) is 5.41 Å². The smallest absolute Gasteiger partial charge is 0.0771 e. The lowest BCUT2D eigenvalue weighted by molar-refractivity contribution is 0.612. The molecule has 0 saturated heterocycles. The number of hydrogen-bond donors (Lipinski definition) is 0. The zero-order chi connectivity index (χ0) is 15.1. The summed E-state index contributed by atoms with van der Waals surface area (Å²) in [6.07, 6.45) is 6.08. The van der Waals surface area contributed by atoms with Gasteiger partial charge in [-0.1, -0.05) is 85.7 Å². The monoisotopic (exact) mass is 284 g/mol. The van der Waals surface area contributed by atoms with Crippen molar-refractivity contribution < 1.29 is 0 Å². The molecule has 1 aromatic carbocycles. The Morgan fingerprint density at radius 1 is 0.950 bits per heavy atom. The van der Waals surface area contributed by atoms with E-state index >= 15 is 0 Å². The molecule has 0 heterocycles. The quantitative estimate of drug-likeness (QED) is 0.623. The van der Waals surface area contributed by atoms with Crippen molar-refractivity contribution in [3.63, 3.8) is 0 Å². The van der Waals surface area contributed by atoms with Gasteiger partial charge in [-0.3, -0.25) is 0 Å². The van der Waals surface area contributed by atoms with E-state index in [9.17, 15) is 0 Å². The van der Waals surface area contributed by atoms with Crippen LogP contribution >= 0.6 is 0 Å². The van der Waals surface area contributed by atoms with Crippen molar-refractivity contribution in [2.24, 2.45) is 0 Å². The van der Waals surface area contributed by atoms with E-state index < -0.39 is 8.07 Å². The summed E-state index contributed by atoms with van der Waals surface area (Å²) in [6, 6.07) is 6.95. The number of benzene rings is 1. The summed E-state index contributed by atoms with van der Waals surface area (Å²) in [6.45, 7) is 16.4. The van der Waals surface area contributed by atoms with Crippen molar-refractivity contribution in [1.29, 1.82) is 0 Å². The second-order valence-corrected chi connectivity index (χ2v) is 12.9. The maximum absolute atomic E-state index is 2.49. The largest absolute Gasteiger partial charge is 0.0812 e. The molecule has 108 valence electrons. The molecule has 1 aliphatic carbocycles. The highest BCUT2D eigenvalue weighted by Crippen LogP contribution is 2.39. The van der Waals surface area contributed by atoms with Gasteiger partial charge in [0, 0.05) is 5.41 Å². The predicted molar refractivity (Wildman–Crippen MR) is 93.1 cm³/mol. The average molecular weight is 285 g/mol. The number of hydrogen-bond acceptors (Lipinski definition) is 0. The molecule has 2 rings (SSSR count). The Hall–Kier alpha value is -1.08. The van der Waals surface area contributed by atoms with Crippen molar-refractivity contribution in [3.8, 4) is 0 Å². The van der Waals surface area contributed by atoms with Crippen LogP contribution < -0.4 is 0 Å². The van der Waals surface area contributed by atoms with Gasteiger partial charge in [0.1, 0.15) is 0 Å². The van der Waals surface area contributed by atoms with Gasteiger partial charge >= 0.3 is 0 Å². The molecule has 0 spiro atoms. The molecule has 0 bridgehead atoms. The molecular formula is C19H28Si. The fraction of sp³-hybridized carbons (Fsp3) is 0.474. The first-order valence-electron chi connectivity index (χ1n) is 7.61. The molecule has 1 aromatic rings. The zero-order valence-electron chi connectivity index (χ0n) is 14.1. The van der Waals surface area contributed by atoms with Gasteiger partial charge in [0.2, 0.25) is 0 Å². The molecule has 0 fully saturated rings. The van der Waals surface area contributed by atoms with Crippen molar-refractivity contribution in [2.45, 2.75) is 59.2 Å². The molecular weight excluding hydrogens is 256 g/mol. The SMILES string of the molecule is Cc1cc(C)cc(C(C)(C)C2=CC([Si](C)(C)C)=CC2)c1. The zero-order valence-corrected chi connectivity index (χ0v) is 15.1. The lowest BCUT2D eigenvalue weighted by atomic mass is 9.76. The minimum atomic E-state index is -1.18. The second-order valence-electron chi connectivity index (χ2n) is 7.78. The fourth-order valence-corrected chi connectivity index (χ4v) is 4.33. The highest BCUT2D eigenvalue weighted by atomic mass is 28.3. The summed E-state index contributed by atoms with van der Waals surface area (Å²) in [5, 5.41) is 1.62. The Bertz CT molecular complexity index is 560. The molecule has 0 unspecified atom stereocenters. The first-order chi connectivity index (χ1) is 9.10. The Morgan fingerprint density at radius 3 is 1.95 bits per heavy atom. The second kappa shape index (κ2) is 5.03. The Labute approximate surface area is 125 Å². The Morgan fingerprint density at radius 2 is 1.50 bits per heavy atom. The van der Waals surface area contributed by atoms with Crippen LogP contribution in [-0.4, -0.2) is 8.07 Å². The van der Waals surface area contributed by atoms with Crippen molar-refractivity contribution in [2.75, 3.05) is 0 Å². The normalized spacial score (nSPS) is 16.1. The Balaban J connectivity index is 2.37. The number of rotatable bonds is 3. The number of aryl methyl sites for hydroxylation is 2. The number of allylic oxidation sites excluding steroid dienone is 4. The standard InChI is InChI=1S/C19H28Si/c1-14-10-15(2)12-17(11-14)19(3,4)16-8-9-18(13-16)20(5,6)7/h9-13H,8H2,1-7H3. The molecule has 1 aliphatic rings. The van der Waals surface area contributed by atoms with E-state index in [0.717, 1.165) is 6.42 Å². The minimum Gasteiger partial charge on any atom is -0.0812 e. The van der Waals surface area contributed by atoms with Crippen LogP contribution in [0.5, 0.6) is 0 Å². The highest BCUT2D eigenvalue weighted by Gasteiger charge is 2.30. The molecule has 0 N–H and O–H groups in total. The van der Waals surface area contributed by atoms with Gasteiger partial charge < -0.3 is 0 Å². The van der Waals surface area contributed by atoms with Crippen LogP contribution in [0.15, 0.2) is 41.1 Å². The highest BCUT2D eigenvalue weighted by molar-refractivity contribution is 6.83.